The number of anilines is 2. The number of benzene rings is 2. The molecule has 1 aromatic heterocycles. The summed E-state index contributed by atoms with van der Waals surface area (Å²) < 4.78 is 5.84. The third-order valence-corrected chi connectivity index (χ3v) is 4.39. The van der Waals surface area contributed by atoms with Gasteiger partial charge in [0, 0.05) is 18.8 Å². The maximum atomic E-state index is 12.5. The normalized spacial score (nSPS) is 17.8. The van der Waals surface area contributed by atoms with Crippen LogP contribution >= 0.6 is 0 Å². The van der Waals surface area contributed by atoms with Gasteiger partial charge in [0.25, 0.3) is 6.01 Å². The number of para-hydroxylation sites is 3. The Bertz CT molecular complexity index is 811. The molecule has 2 heterocycles. The molecule has 1 fully saturated rings. The van der Waals surface area contributed by atoms with E-state index >= 15 is 0 Å². The highest BCUT2D eigenvalue weighted by Gasteiger charge is 2.28. The van der Waals surface area contributed by atoms with Gasteiger partial charge in [-0.05, 0) is 37.1 Å². The maximum absolute atomic E-state index is 12.5. The Hall–Kier alpha value is -2.82. The minimum Gasteiger partial charge on any atom is -0.423 e. The van der Waals surface area contributed by atoms with Gasteiger partial charge < -0.3 is 14.6 Å². The van der Waals surface area contributed by atoms with Gasteiger partial charge >= 0.3 is 0 Å². The van der Waals surface area contributed by atoms with Crippen LogP contribution in [0.15, 0.2) is 59.0 Å². The lowest BCUT2D eigenvalue weighted by atomic mass is 9.97. The van der Waals surface area contributed by atoms with Crippen LogP contribution in [0, 0.1) is 5.92 Å². The average Bonchev–Trinajstić information content (AvgIpc) is 3.07. The fourth-order valence-corrected chi connectivity index (χ4v) is 3.13. The molecule has 0 saturated carbocycles. The average molecular weight is 321 g/mol. The second-order valence-electron chi connectivity index (χ2n) is 6.10. The molecule has 122 valence electrons. The van der Waals surface area contributed by atoms with E-state index in [1.165, 1.54) is 0 Å². The van der Waals surface area contributed by atoms with Gasteiger partial charge in [0.2, 0.25) is 5.91 Å². The summed E-state index contributed by atoms with van der Waals surface area (Å²) in [4.78, 5) is 19.1. The minimum absolute atomic E-state index is 0.0574. The Morgan fingerprint density at radius 2 is 1.92 bits per heavy atom. The number of oxazole rings is 1. The first-order valence-corrected chi connectivity index (χ1v) is 8.26. The SMILES string of the molecule is O=C(Nc1ccccc1)C1CCCN(c2nc3ccccc3o2)C1. The standard InChI is InChI=1S/C19H19N3O2/c23-18(20-15-8-2-1-3-9-15)14-7-6-12-22(13-14)19-21-16-10-4-5-11-17(16)24-19/h1-5,8-11,14H,6-7,12-13H2,(H,20,23). The predicted molar refractivity (Wildman–Crippen MR) is 94.0 cm³/mol. The number of amides is 1. The van der Waals surface area contributed by atoms with E-state index in [0.29, 0.717) is 12.6 Å². The molecule has 1 aliphatic rings. The van der Waals surface area contributed by atoms with Crippen molar-refractivity contribution in [2.45, 2.75) is 12.8 Å². The molecule has 0 radical (unpaired) electrons. The minimum atomic E-state index is -0.0611. The van der Waals surface area contributed by atoms with E-state index in [2.05, 4.69) is 15.2 Å². The smallest absolute Gasteiger partial charge is 0.298 e. The zero-order valence-corrected chi connectivity index (χ0v) is 13.3. The molecule has 0 spiro atoms. The summed E-state index contributed by atoms with van der Waals surface area (Å²) in [6, 6.07) is 17.9. The van der Waals surface area contributed by atoms with Crippen LogP contribution in [0.3, 0.4) is 0 Å². The third-order valence-electron chi connectivity index (χ3n) is 4.39. The number of hydrogen-bond donors (Lipinski definition) is 1. The van der Waals surface area contributed by atoms with Crippen molar-refractivity contribution >= 4 is 28.7 Å². The van der Waals surface area contributed by atoms with Gasteiger partial charge in [-0.15, -0.1) is 0 Å². The van der Waals surface area contributed by atoms with Crippen LogP contribution in [0.5, 0.6) is 0 Å². The van der Waals surface area contributed by atoms with E-state index in [-0.39, 0.29) is 11.8 Å². The molecular formula is C19H19N3O2. The van der Waals surface area contributed by atoms with Crippen LogP contribution in [-0.4, -0.2) is 24.0 Å². The Labute approximate surface area is 140 Å². The Kier molecular flexibility index (Phi) is 3.91. The van der Waals surface area contributed by atoms with E-state index in [1.54, 1.807) is 0 Å². The molecule has 24 heavy (non-hydrogen) atoms. The van der Waals surface area contributed by atoms with E-state index in [9.17, 15) is 4.79 Å². The monoisotopic (exact) mass is 321 g/mol. The molecule has 2 aromatic carbocycles. The number of carbonyl (C=O) groups excluding carboxylic acids is 1. The van der Waals surface area contributed by atoms with E-state index in [0.717, 1.165) is 36.2 Å². The highest BCUT2D eigenvalue weighted by atomic mass is 16.4. The number of nitrogens with zero attached hydrogens (tertiary/aromatic N) is 2. The lowest BCUT2D eigenvalue weighted by Crippen LogP contribution is -2.40. The summed E-state index contributed by atoms with van der Waals surface area (Å²) >= 11 is 0. The molecule has 1 aliphatic heterocycles. The molecule has 3 aromatic rings. The van der Waals surface area contributed by atoms with Gasteiger partial charge in [-0.1, -0.05) is 30.3 Å². The van der Waals surface area contributed by atoms with Crippen molar-refractivity contribution in [2.24, 2.45) is 5.92 Å². The number of fused-ring (bicyclic) bond motifs is 1. The summed E-state index contributed by atoms with van der Waals surface area (Å²) in [5.41, 5.74) is 2.47. The first kappa shape index (κ1) is 14.8. The molecular weight excluding hydrogens is 302 g/mol. The molecule has 1 unspecified atom stereocenters. The quantitative estimate of drug-likeness (QED) is 0.799. The molecule has 5 heteroatoms. The largest absolute Gasteiger partial charge is 0.423 e. The number of carbonyl (C=O) groups is 1. The van der Waals surface area contributed by atoms with Gasteiger partial charge in [0.1, 0.15) is 5.52 Å². The Morgan fingerprint density at radius 3 is 2.75 bits per heavy atom. The summed E-state index contributed by atoms with van der Waals surface area (Å²) in [5, 5.41) is 2.99. The van der Waals surface area contributed by atoms with Crippen LogP contribution in [0.1, 0.15) is 12.8 Å². The van der Waals surface area contributed by atoms with Gasteiger partial charge in [-0.3, -0.25) is 4.79 Å². The Balaban J connectivity index is 1.48. The van der Waals surface area contributed by atoms with Crippen molar-refractivity contribution < 1.29 is 9.21 Å². The molecule has 1 atom stereocenters. The van der Waals surface area contributed by atoms with Gasteiger partial charge in [0.15, 0.2) is 5.58 Å². The van der Waals surface area contributed by atoms with Crippen molar-refractivity contribution in [2.75, 3.05) is 23.3 Å². The zero-order chi connectivity index (χ0) is 16.4. The number of rotatable bonds is 3. The fraction of sp³-hybridized carbons (Fsp3) is 0.263. The van der Waals surface area contributed by atoms with Crippen molar-refractivity contribution in [1.82, 2.24) is 4.98 Å². The number of nitrogens with one attached hydrogen (secondary N) is 1. The molecule has 0 aliphatic carbocycles. The summed E-state index contributed by atoms with van der Waals surface area (Å²) in [5.74, 6) is -0.00372. The maximum Gasteiger partial charge on any atom is 0.298 e. The summed E-state index contributed by atoms with van der Waals surface area (Å²) in [6.45, 7) is 1.49. The number of aromatic nitrogens is 1. The lowest BCUT2D eigenvalue weighted by Gasteiger charge is -2.30. The highest BCUT2D eigenvalue weighted by molar-refractivity contribution is 5.93. The highest BCUT2D eigenvalue weighted by Crippen LogP contribution is 2.26. The second kappa shape index (κ2) is 6.35. The first-order chi connectivity index (χ1) is 11.8. The van der Waals surface area contributed by atoms with Crippen LogP contribution in [0.4, 0.5) is 11.7 Å². The van der Waals surface area contributed by atoms with Crippen molar-refractivity contribution in [3.63, 3.8) is 0 Å². The fourth-order valence-electron chi connectivity index (χ4n) is 3.13. The summed E-state index contributed by atoms with van der Waals surface area (Å²) in [6.07, 6.45) is 1.83. The van der Waals surface area contributed by atoms with Crippen LogP contribution in [0.2, 0.25) is 0 Å². The third kappa shape index (κ3) is 2.97. The van der Waals surface area contributed by atoms with Crippen molar-refractivity contribution in [3.05, 3.63) is 54.6 Å². The molecule has 1 N–H and O–H groups in total. The topological polar surface area (TPSA) is 58.4 Å². The van der Waals surface area contributed by atoms with Gasteiger partial charge in [0.05, 0.1) is 5.92 Å². The predicted octanol–water partition coefficient (Wildman–Crippen LogP) is 3.68. The number of piperidine rings is 1. The summed E-state index contributed by atoms with van der Waals surface area (Å²) in [7, 11) is 0. The van der Waals surface area contributed by atoms with Gasteiger partial charge in [-0.2, -0.15) is 4.98 Å². The lowest BCUT2D eigenvalue weighted by molar-refractivity contribution is -0.120. The number of hydrogen-bond acceptors (Lipinski definition) is 4. The van der Waals surface area contributed by atoms with Crippen molar-refractivity contribution in [3.8, 4) is 0 Å². The zero-order valence-electron chi connectivity index (χ0n) is 13.3. The molecule has 5 nitrogen and oxygen atoms in total. The van der Waals surface area contributed by atoms with Crippen LogP contribution in [0.25, 0.3) is 11.1 Å². The second-order valence-corrected chi connectivity index (χ2v) is 6.10. The Morgan fingerprint density at radius 1 is 1.12 bits per heavy atom. The van der Waals surface area contributed by atoms with Crippen LogP contribution < -0.4 is 10.2 Å². The molecule has 4 rings (SSSR count). The van der Waals surface area contributed by atoms with E-state index < -0.39 is 0 Å². The molecule has 1 amide bonds. The first-order valence-electron chi connectivity index (χ1n) is 8.26. The van der Waals surface area contributed by atoms with Gasteiger partial charge in [-0.25, -0.2) is 0 Å². The van der Waals surface area contributed by atoms with E-state index in [4.69, 9.17) is 4.42 Å². The van der Waals surface area contributed by atoms with Crippen molar-refractivity contribution in [1.29, 1.82) is 0 Å². The molecule has 0 bridgehead atoms. The molecule has 1 saturated heterocycles. The van der Waals surface area contributed by atoms with Crippen LogP contribution in [-0.2, 0) is 4.79 Å². The van der Waals surface area contributed by atoms with E-state index in [1.807, 2.05) is 54.6 Å².